The zero-order valence-corrected chi connectivity index (χ0v) is 8.71. The summed E-state index contributed by atoms with van der Waals surface area (Å²) in [6.07, 6.45) is 2.55. The van der Waals surface area contributed by atoms with Crippen molar-refractivity contribution in [1.82, 2.24) is 0 Å². The number of benzene rings is 1. The minimum Gasteiger partial charge on any atom is -0.192 e. The molecule has 0 aromatic heterocycles. The Morgan fingerprint density at radius 1 is 1.25 bits per heavy atom. The van der Waals surface area contributed by atoms with E-state index in [9.17, 15) is 0 Å². The smallest absolute Gasteiger partial charge is 0.0991 e. The molecule has 0 unspecified atom stereocenters. The van der Waals surface area contributed by atoms with Gasteiger partial charge >= 0.3 is 0 Å². The monoisotopic (exact) mass is 269 g/mol. The van der Waals surface area contributed by atoms with E-state index in [1.165, 1.54) is 18.4 Å². The average molecular weight is 269 g/mol. The van der Waals surface area contributed by atoms with Crippen LogP contribution in [-0.2, 0) is 3.42 Å². The Hall–Kier alpha value is -0.560. The summed E-state index contributed by atoms with van der Waals surface area (Å²) in [5.74, 6) is 0. The third-order valence-corrected chi connectivity index (χ3v) is 3.92. The maximum Gasteiger partial charge on any atom is 0.0991 e. The minimum absolute atomic E-state index is 0.395. The third kappa shape index (κ3) is 1.34. The fraction of sp³-hybridized carbons (Fsp3) is 0.300. The second kappa shape index (κ2) is 2.74. The summed E-state index contributed by atoms with van der Waals surface area (Å²) in [7, 11) is 0. The molecule has 12 heavy (non-hydrogen) atoms. The molecule has 1 aliphatic carbocycles. The molecule has 60 valence electrons. The first kappa shape index (κ1) is 8.06. The molecule has 1 aromatic carbocycles. The Morgan fingerprint density at radius 2 is 1.83 bits per heavy atom. The lowest BCUT2D eigenvalue weighted by Gasteiger charge is -2.05. The zero-order valence-electron chi connectivity index (χ0n) is 6.55. The minimum atomic E-state index is 0.395. The van der Waals surface area contributed by atoms with Crippen LogP contribution in [0.1, 0.15) is 24.0 Å². The van der Waals surface area contributed by atoms with E-state index in [1.54, 1.807) is 0 Å². The van der Waals surface area contributed by atoms with Crippen LogP contribution < -0.4 is 0 Å². The van der Waals surface area contributed by atoms with Crippen molar-refractivity contribution >= 4 is 22.6 Å². The fourth-order valence-electron chi connectivity index (χ4n) is 1.24. The molecule has 0 amide bonds. The van der Waals surface area contributed by atoms with Gasteiger partial charge < -0.3 is 0 Å². The van der Waals surface area contributed by atoms with E-state index in [4.69, 9.17) is 5.26 Å². The van der Waals surface area contributed by atoms with E-state index < -0.39 is 0 Å². The van der Waals surface area contributed by atoms with Gasteiger partial charge in [-0.3, -0.25) is 0 Å². The van der Waals surface area contributed by atoms with Gasteiger partial charge in [0.1, 0.15) is 0 Å². The van der Waals surface area contributed by atoms with E-state index in [1.807, 2.05) is 12.1 Å². The lowest BCUT2D eigenvalue weighted by Crippen LogP contribution is -1.93. The van der Waals surface area contributed by atoms with Gasteiger partial charge in [-0.25, -0.2) is 0 Å². The maximum absolute atomic E-state index is 8.60. The van der Waals surface area contributed by atoms with E-state index in [0.29, 0.717) is 3.42 Å². The Balaban J connectivity index is 2.32. The molecule has 0 spiro atoms. The SMILES string of the molecule is N#Cc1ccc(C2(I)CC2)cc1. The van der Waals surface area contributed by atoms with Crippen molar-refractivity contribution in [3.63, 3.8) is 0 Å². The number of rotatable bonds is 1. The van der Waals surface area contributed by atoms with Crippen LogP contribution in [0.5, 0.6) is 0 Å². The number of alkyl halides is 1. The number of nitriles is 1. The molecule has 2 rings (SSSR count). The molecule has 0 N–H and O–H groups in total. The molecule has 2 heteroatoms. The van der Waals surface area contributed by atoms with Crippen molar-refractivity contribution in [2.75, 3.05) is 0 Å². The molecule has 1 saturated carbocycles. The van der Waals surface area contributed by atoms with Crippen LogP contribution in [0.25, 0.3) is 0 Å². The van der Waals surface area contributed by atoms with Crippen molar-refractivity contribution in [3.05, 3.63) is 35.4 Å². The van der Waals surface area contributed by atoms with Crippen LogP contribution in [-0.4, -0.2) is 0 Å². The summed E-state index contributed by atoms with van der Waals surface area (Å²) < 4.78 is 0.395. The van der Waals surface area contributed by atoms with Crippen LogP contribution in [0.15, 0.2) is 24.3 Å². The van der Waals surface area contributed by atoms with E-state index >= 15 is 0 Å². The first-order valence-electron chi connectivity index (χ1n) is 3.94. The van der Waals surface area contributed by atoms with Crippen LogP contribution in [0.2, 0.25) is 0 Å². The van der Waals surface area contributed by atoms with Crippen molar-refractivity contribution in [2.24, 2.45) is 0 Å². The zero-order chi connectivity index (χ0) is 8.60. The summed E-state index contributed by atoms with van der Waals surface area (Å²) in [6, 6.07) is 10.1. The highest BCUT2D eigenvalue weighted by atomic mass is 127. The maximum atomic E-state index is 8.60. The van der Waals surface area contributed by atoms with Crippen molar-refractivity contribution in [3.8, 4) is 6.07 Å². The van der Waals surface area contributed by atoms with E-state index in [0.717, 1.165) is 5.56 Å². The molecule has 1 nitrogen and oxygen atoms in total. The highest BCUT2D eigenvalue weighted by Gasteiger charge is 2.41. The molecule has 0 heterocycles. The van der Waals surface area contributed by atoms with Gasteiger partial charge in [0.25, 0.3) is 0 Å². The quantitative estimate of drug-likeness (QED) is 0.568. The summed E-state index contributed by atoms with van der Waals surface area (Å²) in [5.41, 5.74) is 2.11. The van der Waals surface area contributed by atoms with Gasteiger partial charge in [-0.15, -0.1) is 0 Å². The Kier molecular flexibility index (Phi) is 1.84. The molecule has 0 saturated heterocycles. The predicted molar refractivity (Wildman–Crippen MR) is 56.1 cm³/mol. The first-order valence-corrected chi connectivity index (χ1v) is 5.02. The first-order chi connectivity index (χ1) is 5.74. The van der Waals surface area contributed by atoms with Gasteiger partial charge in [-0.05, 0) is 30.5 Å². The Bertz CT molecular complexity index is 330. The van der Waals surface area contributed by atoms with Gasteiger partial charge in [-0.2, -0.15) is 5.26 Å². The molecule has 0 radical (unpaired) electrons. The normalized spacial score (nSPS) is 18.3. The molecule has 0 atom stereocenters. The molecule has 0 bridgehead atoms. The average Bonchev–Trinajstić information content (AvgIpc) is 2.85. The highest BCUT2D eigenvalue weighted by molar-refractivity contribution is 14.1. The Labute approximate surface area is 85.5 Å². The predicted octanol–water partition coefficient (Wildman–Crippen LogP) is 2.98. The third-order valence-electron chi connectivity index (χ3n) is 2.22. The summed E-state index contributed by atoms with van der Waals surface area (Å²) in [6.45, 7) is 0. The molecular weight excluding hydrogens is 261 g/mol. The number of hydrogen-bond donors (Lipinski definition) is 0. The summed E-state index contributed by atoms with van der Waals surface area (Å²) >= 11 is 2.49. The largest absolute Gasteiger partial charge is 0.192 e. The molecule has 1 aromatic rings. The van der Waals surface area contributed by atoms with Crippen LogP contribution in [0, 0.1) is 11.3 Å². The molecule has 1 fully saturated rings. The standard InChI is InChI=1S/C10H8IN/c11-10(5-6-10)9-3-1-8(7-12)2-4-9/h1-4H,5-6H2. The second-order valence-electron chi connectivity index (χ2n) is 3.15. The number of hydrogen-bond acceptors (Lipinski definition) is 1. The van der Waals surface area contributed by atoms with Gasteiger partial charge in [0.2, 0.25) is 0 Å². The van der Waals surface area contributed by atoms with E-state index in [2.05, 4.69) is 40.8 Å². The Morgan fingerprint density at radius 3 is 2.25 bits per heavy atom. The molecule has 1 aliphatic rings. The number of halogens is 1. The van der Waals surface area contributed by atoms with Crippen LogP contribution >= 0.6 is 22.6 Å². The lowest BCUT2D eigenvalue weighted by atomic mass is 10.1. The van der Waals surface area contributed by atoms with Gasteiger partial charge in [0, 0.05) is 3.42 Å². The lowest BCUT2D eigenvalue weighted by molar-refractivity contribution is 1.09. The van der Waals surface area contributed by atoms with Crippen molar-refractivity contribution in [1.29, 1.82) is 5.26 Å². The summed E-state index contributed by atoms with van der Waals surface area (Å²) in [5, 5.41) is 8.60. The second-order valence-corrected chi connectivity index (χ2v) is 5.22. The van der Waals surface area contributed by atoms with Gasteiger partial charge in [-0.1, -0.05) is 34.7 Å². The van der Waals surface area contributed by atoms with Crippen molar-refractivity contribution < 1.29 is 0 Å². The number of nitrogens with zero attached hydrogens (tertiary/aromatic N) is 1. The fourth-order valence-corrected chi connectivity index (χ4v) is 1.87. The highest BCUT2D eigenvalue weighted by Crippen LogP contribution is 2.54. The van der Waals surface area contributed by atoms with Crippen molar-refractivity contribution in [2.45, 2.75) is 16.3 Å². The van der Waals surface area contributed by atoms with Crippen LogP contribution in [0.4, 0.5) is 0 Å². The van der Waals surface area contributed by atoms with E-state index in [-0.39, 0.29) is 0 Å². The molecular formula is C10H8IN. The van der Waals surface area contributed by atoms with Gasteiger partial charge in [0.15, 0.2) is 0 Å². The van der Waals surface area contributed by atoms with Crippen LogP contribution in [0.3, 0.4) is 0 Å². The molecule has 0 aliphatic heterocycles. The van der Waals surface area contributed by atoms with Gasteiger partial charge in [0.05, 0.1) is 11.6 Å². The topological polar surface area (TPSA) is 23.8 Å². The summed E-state index contributed by atoms with van der Waals surface area (Å²) in [4.78, 5) is 0.